The Hall–Kier alpha value is -3.16. The molecule has 25 heavy (non-hydrogen) atoms. The number of nitrogens with zero attached hydrogens (tertiary/aromatic N) is 7. The lowest BCUT2D eigenvalue weighted by atomic mass is 10.2. The molecule has 0 radical (unpaired) electrons. The van der Waals surface area contributed by atoms with E-state index in [1.807, 2.05) is 23.1 Å². The number of anilines is 2. The highest BCUT2D eigenvalue weighted by Crippen LogP contribution is 2.19. The Labute approximate surface area is 144 Å². The van der Waals surface area contributed by atoms with E-state index in [0.717, 1.165) is 37.4 Å². The normalized spacial score (nSPS) is 14.6. The summed E-state index contributed by atoms with van der Waals surface area (Å²) in [6, 6.07) is 5.74. The Balaban J connectivity index is 1.47. The fourth-order valence-electron chi connectivity index (χ4n) is 2.76. The minimum absolute atomic E-state index is 0.427. The SMILES string of the molecule is Fc1cnc(N2CCN(c3nccc(-c4ccncc4)n3)CC2)nc1. The minimum Gasteiger partial charge on any atom is -0.337 e. The second-order valence-electron chi connectivity index (χ2n) is 5.65. The summed E-state index contributed by atoms with van der Waals surface area (Å²) in [5, 5.41) is 0. The van der Waals surface area contributed by atoms with Crippen LogP contribution in [0.1, 0.15) is 0 Å². The van der Waals surface area contributed by atoms with Gasteiger partial charge in [0.15, 0.2) is 5.82 Å². The Morgan fingerprint density at radius 1 is 0.760 bits per heavy atom. The first-order valence-electron chi connectivity index (χ1n) is 8.00. The molecule has 1 fully saturated rings. The van der Waals surface area contributed by atoms with Crippen molar-refractivity contribution in [2.24, 2.45) is 0 Å². The van der Waals surface area contributed by atoms with Gasteiger partial charge in [-0.3, -0.25) is 4.98 Å². The van der Waals surface area contributed by atoms with E-state index < -0.39 is 5.82 Å². The van der Waals surface area contributed by atoms with Gasteiger partial charge in [-0.15, -0.1) is 0 Å². The lowest BCUT2D eigenvalue weighted by Gasteiger charge is -2.34. The summed E-state index contributed by atoms with van der Waals surface area (Å²) in [6.07, 6.45) is 7.65. The number of pyridine rings is 1. The number of hydrogen-bond acceptors (Lipinski definition) is 7. The van der Waals surface area contributed by atoms with Crippen LogP contribution in [0, 0.1) is 5.82 Å². The molecule has 4 heterocycles. The van der Waals surface area contributed by atoms with Crippen molar-refractivity contribution in [1.29, 1.82) is 0 Å². The lowest BCUT2D eigenvalue weighted by molar-refractivity contribution is 0.600. The lowest BCUT2D eigenvalue weighted by Crippen LogP contribution is -2.47. The van der Waals surface area contributed by atoms with Gasteiger partial charge >= 0.3 is 0 Å². The van der Waals surface area contributed by atoms with Crippen LogP contribution in [-0.4, -0.2) is 51.1 Å². The van der Waals surface area contributed by atoms with Gasteiger partial charge in [0.05, 0.1) is 18.1 Å². The van der Waals surface area contributed by atoms with Crippen LogP contribution in [0.15, 0.2) is 49.2 Å². The summed E-state index contributed by atoms with van der Waals surface area (Å²) in [5.41, 5.74) is 1.88. The van der Waals surface area contributed by atoms with E-state index in [4.69, 9.17) is 0 Å². The molecule has 8 heteroatoms. The van der Waals surface area contributed by atoms with Crippen molar-refractivity contribution in [3.63, 3.8) is 0 Å². The molecular formula is C17H16FN7. The monoisotopic (exact) mass is 337 g/mol. The average Bonchev–Trinajstić information content (AvgIpc) is 2.70. The third kappa shape index (κ3) is 3.37. The van der Waals surface area contributed by atoms with E-state index in [0.29, 0.717) is 11.9 Å². The van der Waals surface area contributed by atoms with Gasteiger partial charge in [-0.25, -0.2) is 24.3 Å². The summed E-state index contributed by atoms with van der Waals surface area (Å²) in [4.78, 5) is 25.3. The summed E-state index contributed by atoms with van der Waals surface area (Å²) in [7, 11) is 0. The van der Waals surface area contributed by atoms with Crippen LogP contribution in [0.5, 0.6) is 0 Å². The molecule has 4 rings (SSSR count). The van der Waals surface area contributed by atoms with Crippen LogP contribution < -0.4 is 9.80 Å². The van der Waals surface area contributed by atoms with Crippen molar-refractivity contribution in [2.75, 3.05) is 36.0 Å². The molecule has 0 spiro atoms. The van der Waals surface area contributed by atoms with E-state index in [9.17, 15) is 4.39 Å². The van der Waals surface area contributed by atoms with Gasteiger partial charge in [0.2, 0.25) is 11.9 Å². The summed E-state index contributed by atoms with van der Waals surface area (Å²) in [6.45, 7) is 2.96. The van der Waals surface area contributed by atoms with E-state index >= 15 is 0 Å². The van der Waals surface area contributed by atoms with Crippen LogP contribution in [0.3, 0.4) is 0 Å². The molecule has 0 amide bonds. The van der Waals surface area contributed by atoms with E-state index in [1.165, 1.54) is 12.4 Å². The zero-order valence-electron chi connectivity index (χ0n) is 13.5. The van der Waals surface area contributed by atoms with Gasteiger partial charge in [0.25, 0.3) is 0 Å². The van der Waals surface area contributed by atoms with Gasteiger partial charge < -0.3 is 9.80 Å². The van der Waals surface area contributed by atoms with Crippen LogP contribution in [-0.2, 0) is 0 Å². The molecule has 0 aliphatic carbocycles. The van der Waals surface area contributed by atoms with Crippen molar-refractivity contribution >= 4 is 11.9 Å². The van der Waals surface area contributed by atoms with Gasteiger partial charge in [-0.1, -0.05) is 0 Å². The topological polar surface area (TPSA) is 70.9 Å². The highest BCUT2D eigenvalue weighted by molar-refractivity contribution is 5.59. The van der Waals surface area contributed by atoms with Crippen LogP contribution >= 0.6 is 0 Å². The molecule has 0 saturated carbocycles. The minimum atomic E-state index is -0.427. The van der Waals surface area contributed by atoms with Crippen molar-refractivity contribution < 1.29 is 4.39 Å². The molecule has 126 valence electrons. The maximum absolute atomic E-state index is 12.9. The Bertz CT molecular complexity index is 833. The predicted molar refractivity (Wildman–Crippen MR) is 91.7 cm³/mol. The highest BCUT2D eigenvalue weighted by Gasteiger charge is 2.21. The first-order valence-corrected chi connectivity index (χ1v) is 8.00. The third-order valence-corrected chi connectivity index (χ3v) is 4.07. The molecule has 0 N–H and O–H groups in total. The Morgan fingerprint density at radius 3 is 2.08 bits per heavy atom. The van der Waals surface area contributed by atoms with Crippen molar-refractivity contribution in [1.82, 2.24) is 24.9 Å². The molecule has 0 atom stereocenters. The average molecular weight is 337 g/mol. The van der Waals surface area contributed by atoms with E-state index in [2.05, 4.69) is 29.8 Å². The first kappa shape index (κ1) is 15.4. The fraction of sp³-hybridized carbons (Fsp3) is 0.235. The third-order valence-electron chi connectivity index (χ3n) is 4.07. The maximum Gasteiger partial charge on any atom is 0.225 e. The van der Waals surface area contributed by atoms with Gasteiger partial charge in [-0.05, 0) is 18.2 Å². The Kier molecular flexibility index (Phi) is 4.16. The van der Waals surface area contributed by atoms with Crippen molar-refractivity contribution in [3.05, 3.63) is 55.0 Å². The second-order valence-corrected chi connectivity index (χ2v) is 5.65. The molecule has 0 unspecified atom stereocenters. The molecular weight excluding hydrogens is 321 g/mol. The highest BCUT2D eigenvalue weighted by atomic mass is 19.1. The smallest absolute Gasteiger partial charge is 0.225 e. The standard InChI is InChI=1S/C17H16FN7/c18-14-11-21-16(22-12-14)24-7-9-25(10-8-24)17-20-6-3-15(23-17)13-1-4-19-5-2-13/h1-6,11-12H,7-10H2. The molecule has 3 aromatic rings. The number of aromatic nitrogens is 5. The van der Waals surface area contributed by atoms with E-state index in [1.54, 1.807) is 18.6 Å². The van der Waals surface area contributed by atoms with Crippen molar-refractivity contribution in [2.45, 2.75) is 0 Å². The molecule has 7 nitrogen and oxygen atoms in total. The molecule has 1 saturated heterocycles. The largest absolute Gasteiger partial charge is 0.337 e. The first-order chi connectivity index (χ1) is 12.3. The molecule has 1 aliphatic heterocycles. The van der Waals surface area contributed by atoms with Gasteiger partial charge in [0, 0.05) is 50.3 Å². The molecule has 1 aliphatic rings. The molecule has 0 aromatic carbocycles. The summed E-state index contributed by atoms with van der Waals surface area (Å²) in [5.74, 6) is 0.824. The molecule has 0 bridgehead atoms. The van der Waals surface area contributed by atoms with Crippen LogP contribution in [0.25, 0.3) is 11.3 Å². The fourth-order valence-corrected chi connectivity index (χ4v) is 2.76. The second kappa shape index (κ2) is 6.76. The van der Waals surface area contributed by atoms with Crippen molar-refractivity contribution in [3.8, 4) is 11.3 Å². The maximum atomic E-state index is 12.9. The summed E-state index contributed by atoms with van der Waals surface area (Å²) < 4.78 is 12.9. The molecule has 3 aromatic heterocycles. The number of hydrogen-bond donors (Lipinski definition) is 0. The van der Waals surface area contributed by atoms with E-state index in [-0.39, 0.29) is 0 Å². The van der Waals surface area contributed by atoms with Crippen LogP contribution in [0.4, 0.5) is 16.3 Å². The number of rotatable bonds is 3. The van der Waals surface area contributed by atoms with Gasteiger partial charge in [0.1, 0.15) is 0 Å². The number of piperazine rings is 1. The quantitative estimate of drug-likeness (QED) is 0.721. The zero-order chi connectivity index (χ0) is 17.1. The predicted octanol–water partition coefficient (Wildman–Crippen LogP) is 1.79. The van der Waals surface area contributed by atoms with Crippen LogP contribution in [0.2, 0.25) is 0 Å². The Morgan fingerprint density at radius 2 is 1.40 bits per heavy atom. The zero-order valence-corrected chi connectivity index (χ0v) is 13.5. The number of halogens is 1. The van der Waals surface area contributed by atoms with Gasteiger partial charge in [-0.2, -0.15) is 0 Å². The summed E-state index contributed by atoms with van der Waals surface area (Å²) >= 11 is 0.